The second kappa shape index (κ2) is 5.92. The van der Waals surface area contributed by atoms with Crippen LogP contribution < -0.4 is 0 Å². The molecule has 2 nitrogen and oxygen atoms in total. The van der Waals surface area contributed by atoms with Gasteiger partial charge in [0.15, 0.2) is 0 Å². The van der Waals surface area contributed by atoms with Crippen molar-refractivity contribution in [2.75, 3.05) is 0 Å². The van der Waals surface area contributed by atoms with Crippen LogP contribution in [0, 0.1) is 6.92 Å². The summed E-state index contributed by atoms with van der Waals surface area (Å²) in [6.45, 7) is 1.97. The standard InChI is InChI=1S/C12H12Cl2O2/c1-8-2-4-9(5-3-8)10(6-11(13)14)7-12(15)16/h2-6,10H,7H2,1H3,(H,15,16). The number of aryl methyl sites for hydroxylation is 1. The van der Waals surface area contributed by atoms with E-state index in [4.69, 9.17) is 28.3 Å². The molecule has 1 aromatic carbocycles. The summed E-state index contributed by atoms with van der Waals surface area (Å²) in [6.07, 6.45) is 1.52. The summed E-state index contributed by atoms with van der Waals surface area (Å²) in [6, 6.07) is 7.63. The van der Waals surface area contributed by atoms with E-state index in [1.165, 1.54) is 0 Å². The van der Waals surface area contributed by atoms with Gasteiger partial charge in [-0.2, -0.15) is 0 Å². The molecule has 0 aliphatic carbocycles. The molecule has 1 aromatic rings. The molecule has 1 N–H and O–H groups in total. The van der Waals surface area contributed by atoms with Gasteiger partial charge in [-0.1, -0.05) is 53.0 Å². The molecular weight excluding hydrogens is 247 g/mol. The van der Waals surface area contributed by atoms with Gasteiger partial charge in [0.1, 0.15) is 4.49 Å². The SMILES string of the molecule is Cc1ccc(C(C=C(Cl)Cl)CC(=O)O)cc1. The Morgan fingerprint density at radius 3 is 2.38 bits per heavy atom. The highest BCUT2D eigenvalue weighted by Crippen LogP contribution is 2.25. The van der Waals surface area contributed by atoms with Crippen LogP contribution in [0.3, 0.4) is 0 Å². The monoisotopic (exact) mass is 258 g/mol. The molecule has 0 aliphatic rings. The van der Waals surface area contributed by atoms with E-state index in [2.05, 4.69) is 0 Å². The number of hydrogen-bond acceptors (Lipinski definition) is 1. The smallest absolute Gasteiger partial charge is 0.304 e. The van der Waals surface area contributed by atoms with Gasteiger partial charge in [0, 0.05) is 5.92 Å². The molecule has 0 saturated heterocycles. The summed E-state index contributed by atoms with van der Waals surface area (Å²) in [5.41, 5.74) is 2.02. The van der Waals surface area contributed by atoms with Crippen LogP contribution >= 0.6 is 23.2 Å². The largest absolute Gasteiger partial charge is 0.481 e. The van der Waals surface area contributed by atoms with Crippen LogP contribution in [0.5, 0.6) is 0 Å². The Kier molecular flexibility index (Phi) is 4.84. The summed E-state index contributed by atoms with van der Waals surface area (Å²) < 4.78 is 0.0897. The fourth-order valence-electron chi connectivity index (χ4n) is 1.43. The normalized spacial score (nSPS) is 11.9. The minimum atomic E-state index is -0.878. The van der Waals surface area contributed by atoms with E-state index in [-0.39, 0.29) is 16.8 Å². The molecule has 0 heterocycles. The van der Waals surface area contributed by atoms with Gasteiger partial charge in [0.05, 0.1) is 6.42 Å². The van der Waals surface area contributed by atoms with Crippen molar-refractivity contribution < 1.29 is 9.90 Å². The number of carbonyl (C=O) groups is 1. The van der Waals surface area contributed by atoms with E-state index in [1.54, 1.807) is 6.08 Å². The Morgan fingerprint density at radius 2 is 1.94 bits per heavy atom. The van der Waals surface area contributed by atoms with Crippen LogP contribution in [0.4, 0.5) is 0 Å². The first-order valence-corrected chi connectivity index (χ1v) is 5.56. The van der Waals surface area contributed by atoms with Crippen molar-refractivity contribution in [1.29, 1.82) is 0 Å². The lowest BCUT2D eigenvalue weighted by molar-refractivity contribution is -0.137. The van der Waals surface area contributed by atoms with E-state index < -0.39 is 5.97 Å². The summed E-state index contributed by atoms with van der Waals surface area (Å²) >= 11 is 11.1. The number of allylic oxidation sites excluding steroid dienone is 1. The van der Waals surface area contributed by atoms with Gasteiger partial charge in [0.25, 0.3) is 0 Å². The van der Waals surface area contributed by atoms with Gasteiger partial charge >= 0.3 is 5.97 Å². The fraction of sp³-hybridized carbons (Fsp3) is 0.250. The van der Waals surface area contributed by atoms with Gasteiger partial charge in [-0.05, 0) is 18.6 Å². The molecule has 16 heavy (non-hydrogen) atoms. The maximum absolute atomic E-state index is 10.7. The van der Waals surface area contributed by atoms with E-state index >= 15 is 0 Å². The van der Waals surface area contributed by atoms with Gasteiger partial charge in [-0.25, -0.2) is 0 Å². The van der Waals surface area contributed by atoms with Crippen LogP contribution in [0.2, 0.25) is 0 Å². The summed E-state index contributed by atoms with van der Waals surface area (Å²) in [5.74, 6) is -1.17. The average molecular weight is 259 g/mol. The molecule has 0 bridgehead atoms. The molecule has 1 rings (SSSR count). The van der Waals surface area contributed by atoms with Crippen LogP contribution in [0.25, 0.3) is 0 Å². The molecule has 0 saturated carbocycles. The maximum atomic E-state index is 10.7. The van der Waals surface area contributed by atoms with E-state index in [0.717, 1.165) is 11.1 Å². The first kappa shape index (κ1) is 13.1. The Labute approximate surface area is 104 Å². The third kappa shape index (κ3) is 4.25. The summed E-state index contributed by atoms with van der Waals surface area (Å²) in [4.78, 5) is 10.7. The molecule has 0 amide bonds. The molecule has 0 spiro atoms. The number of aliphatic carboxylic acids is 1. The Bertz CT molecular complexity index is 392. The van der Waals surface area contributed by atoms with Gasteiger partial charge in [0.2, 0.25) is 0 Å². The summed E-state index contributed by atoms with van der Waals surface area (Å²) in [7, 11) is 0. The van der Waals surface area contributed by atoms with Crippen molar-refractivity contribution in [1.82, 2.24) is 0 Å². The Balaban J connectivity index is 2.96. The highest BCUT2D eigenvalue weighted by atomic mass is 35.5. The van der Waals surface area contributed by atoms with E-state index in [0.29, 0.717) is 0 Å². The lowest BCUT2D eigenvalue weighted by atomic mass is 9.95. The zero-order valence-electron chi connectivity index (χ0n) is 8.78. The third-order valence-corrected chi connectivity index (χ3v) is 2.48. The molecule has 0 fully saturated rings. The molecule has 4 heteroatoms. The fourth-order valence-corrected chi connectivity index (χ4v) is 1.73. The van der Waals surface area contributed by atoms with Gasteiger partial charge < -0.3 is 5.11 Å². The first-order chi connectivity index (χ1) is 7.49. The zero-order valence-corrected chi connectivity index (χ0v) is 10.3. The van der Waals surface area contributed by atoms with Gasteiger partial charge in [-0.3, -0.25) is 4.79 Å². The van der Waals surface area contributed by atoms with Crippen molar-refractivity contribution in [3.63, 3.8) is 0 Å². The number of halogens is 2. The van der Waals surface area contributed by atoms with Crippen molar-refractivity contribution in [3.05, 3.63) is 46.0 Å². The highest BCUT2D eigenvalue weighted by Gasteiger charge is 2.13. The topological polar surface area (TPSA) is 37.3 Å². The molecule has 1 atom stereocenters. The van der Waals surface area contributed by atoms with Crippen LogP contribution in [0.1, 0.15) is 23.5 Å². The minimum Gasteiger partial charge on any atom is -0.481 e. The predicted octanol–water partition coefficient (Wildman–Crippen LogP) is 3.87. The van der Waals surface area contributed by atoms with Crippen LogP contribution in [-0.2, 0) is 4.79 Å². The highest BCUT2D eigenvalue weighted by molar-refractivity contribution is 6.55. The first-order valence-electron chi connectivity index (χ1n) is 4.80. The molecule has 86 valence electrons. The zero-order chi connectivity index (χ0) is 12.1. The van der Waals surface area contributed by atoms with Crippen LogP contribution in [-0.4, -0.2) is 11.1 Å². The molecule has 0 aliphatic heterocycles. The number of carboxylic acids is 1. The third-order valence-electron chi connectivity index (χ3n) is 2.23. The van der Waals surface area contributed by atoms with Crippen molar-refractivity contribution >= 4 is 29.2 Å². The number of rotatable bonds is 4. The Morgan fingerprint density at radius 1 is 1.38 bits per heavy atom. The molecule has 0 aromatic heterocycles. The van der Waals surface area contributed by atoms with E-state index in [1.807, 2.05) is 31.2 Å². The van der Waals surface area contributed by atoms with Crippen molar-refractivity contribution in [3.8, 4) is 0 Å². The second-order valence-electron chi connectivity index (χ2n) is 3.57. The van der Waals surface area contributed by atoms with E-state index in [9.17, 15) is 4.79 Å². The van der Waals surface area contributed by atoms with Crippen molar-refractivity contribution in [2.24, 2.45) is 0 Å². The minimum absolute atomic E-state index is 0.0218. The second-order valence-corrected chi connectivity index (χ2v) is 4.58. The van der Waals surface area contributed by atoms with Crippen LogP contribution in [0.15, 0.2) is 34.8 Å². The molecule has 0 radical (unpaired) electrons. The number of carboxylic acid groups (broad SMARTS) is 1. The Hall–Kier alpha value is -0.990. The summed E-state index contributed by atoms with van der Waals surface area (Å²) in [5, 5.41) is 8.80. The molecular formula is C12H12Cl2O2. The lowest BCUT2D eigenvalue weighted by Crippen LogP contribution is -2.04. The van der Waals surface area contributed by atoms with Gasteiger partial charge in [-0.15, -0.1) is 0 Å². The lowest BCUT2D eigenvalue weighted by Gasteiger charge is -2.11. The predicted molar refractivity (Wildman–Crippen MR) is 66.0 cm³/mol. The molecule has 1 unspecified atom stereocenters. The quantitative estimate of drug-likeness (QED) is 0.891. The maximum Gasteiger partial charge on any atom is 0.304 e. The van der Waals surface area contributed by atoms with Crippen molar-refractivity contribution in [2.45, 2.75) is 19.3 Å². The number of hydrogen-bond donors (Lipinski definition) is 1. The number of benzene rings is 1. The average Bonchev–Trinajstić information content (AvgIpc) is 2.16.